The van der Waals surface area contributed by atoms with E-state index in [9.17, 15) is 0 Å². The molecule has 1 aromatic heterocycles. The van der Waals surface area contributed by atoms with Crippen molar-refractivity contribution in [1.29, 1.82) is 0 Å². The lowest BCUT2D eigenvalue weighted by Crippen LogP contribution is -2.34. The van der Waals surface area contributed by atoms with Crippen LogP contribution in [0, 0.1) is 5.92 Å². The van der Waals surface area contributed by atoms with Crippen LogP contribution in [-0.2, 0) is 10.8 Å². The van der Waals surface area contributed by atoms with Crippen LogP contribution in [0.2, 0.25) is 0 Å². The molecule has 3 heteroatoms. The summed E-state index contributed by atoms with van der Waals surface area (Å²) in [5.74, 6) is 1.66. The van der Waals surface area contributed by atoms with Crippen LogP contribution in [0.3, 0.4) is 0 Å². The van der Waals surface area contributed by atoms with Gasteiger partial charge in [-0.1, -0.05) is 84.8 Å². The Morgan fingerprint density at radius 1 is 0.861 bits per heavy atom. The zero-order valence-electron chi connectivity index (χ0n) is 23.6. The average Bonchev–Trinajstić information content (AvgIpc) is 3.34. The predicted octanol–water partition coefficient (Wildman–Crippen LogP) is 9.48. The van der Waals surface area contributed by atoms with Crippen LogP contribution in [-0.4, -0.2) is 29.5 Å². The molecule has 0 unspecified atom stereocenters. The van der Waals surface area contributed by atoms with E-state index in [2.05, 4.69) is 56.2 Å². The van der Waals surface area contributed by atoms with Crippen molar-refractivity contribution >= 4 is 11.3 Å². The van der Waals surface area contributed by atoms with Crippen LogP contribution >= 0.6 is 11.3 Å². The van der Waals surface area contributed by atoms with E-state index in [-0.39, 0.29) is 10.8 Å². The summed E-state index contributed by atoms with van der Waals surface area (Å²) in [5.41, 5.74) is 6.12. The molecule has 2 aliphatic carbocycles. The smallest absolute Gasteiger partial charge is 0.0964 e. The van der Waals surface area contributed by atoms with Gasteiger partial charge in [-0.25, -0.2) is 4.98 Å². The molecule has 0 bridgehead atoms. The number of rotatable bonds is 6. The average molecular weight is 507 g/mol. The number of nitrogens with zero attached hydrogens (tertiary/aromatic N) is 2. The normalized spacial score (nSPS) is 23.7. The van der Waals surface area contributed by atoms with Crippen molar-refractivity contribution < 1.29 is 0 Å². The number of hydrogen-bond acceptors (Lipinski definition) is 3. The molecule has 0 atom stereocenters. The van der Waals surface area contributed by atoms with Gasteiger partial charge in [-0.2, -0.15) is 0 Å². The lowest BCUT2D eigenvalue weighted by Gasteiger charge is -2.42. The first-order chi connectivity index (χ1) is 17.3. The molecule has 3 aliphatic rings. The summed E-state index contributed by atoms with van der Waals surface area (Å²) in [6, 6.07) is 7.20. The van der Waals surface area contributed by atoms with Crippen LogP contribution in [0.4, 0.5) is 0 Å². The molecule has 36 heavy (non-hydrogen) atoms. The summed E-state index contributed by atoms with van der Waals surface area (Å²) in [6.45, 7) is 13.5. The van der Waals surface area contributed by atoms with Gasteiger partial charge in [0, 0.05) is 16.9 Å². The van der Waals surface area contributed by atoms with Crippen molar-refractivity contribution in [2.45, 2.75) is 128 Å². The van der Waals surface area contributed by atoms with E-state index in [0.29, 0.717) is 5.92 Å². The molecule has 1 aromatic carbocycles. The highest BCUT2D eigenvalue weighted by molar-refractivity contribution is 7.10. The Kier molecular flexibility index (Phi) is 8.28. The molecule has 0 spiro atoms. The fraction of sp³-hybridized carbons (Fsp3) is 0.727. The maximum atomic E-state index is 5.20. The zero-order chi connectivity index (χ0) is 25.2. The molecular formula is C33H50N2S. The van der Waals surface area contributed by atoms with Crippen molar-refractivity contribution in [2.24, 2.45) is 5.92 Å². The van der Waals surface area contributed by atoms with E-state index in [1.165, 1.54) is 119 Å². The van der Waals surface area contributed by atoms with Crippen molar-refractivity contribution in [3.05, 3.63) is 39.7 Å². The van der Waals surface area contributed by atoms with Gasteiger partial charge in [-0.15, -0.1) is 11.3 Å². The van der Waals surface area contributed by atoms with Crippen molar-refractivity contribution in [3.63, 3.8) is 0 Å². The van der Waals surface area contributed by atoms with Gasteiger partial charge in [0.1, 0.15) is 0 Å². The topological polar surface area (TPSA) is 16.1 Å². The maximum absolute atomic E-state index is 5.20. The monoisotopic (exact) mass is 506 g/mol. The quantitative estimate of drug-likeness (QED) is 0.388. The Balaban J connectivity index is 1.15. The number of benzene rings is 1. The van der Waals surface area contributed by atoms with Crippen LogP contribution in [0.15, 0.2) is 23.6 Å². The molecule has 2 aromatic rings. The van der Waals surface area contributed by atoms with E-state index in [1.807, 2.05) is 11.3 Å². The minimum absolute atomic E-state index is 0.252. The van der Waals surface area contributed by atoms with E-state index < -0.39 is 0 Å². The number of aromatic nitrogens is 1. The Bertz CT molecular complexity index is 987. The molecule has 2 fully saturated rings. The molecule has 2 heterocycles. The lowest BCUT2D eigenvalue weighted by atomic mass is 9.63. The molecule has 1 saturated carbocycles. The third-order valence-corrected chi connectivity index (χ3v) is 10.9. The molecule has 5 rings (SSSR count). The summed E-state index contributed by atoms with van der Waals surface area (Å²) >= 11 is 1.90. The summed E-state index contributed by atoms with van der Waals surface area (Å²) in [7, 11) is 0. The fourth-order valence-corrected chi connectivity index (χ4v) is 8.19. The number of fused-ring (bicyclic) bond motifs is 1. The second-order valence-corrected chi connectivity index (χ2v) is 14.5. The van der Waals surface area contributed by atoms with Gasteiger partial charge in [0.05, 0.1) is 10.7 Å². The van der Waals surface area contributed by atoms with E-state index >= 15 is 0 Å². The minimum Gasteiger partial charge on any atom is -0.303 e. The third kappa shape index (κ3) is 6.09. The van der Waals surface area contributed by atoms with Crippen LogP contribution in [0.5, 0.6) is 0 Å². The Hall–Kier alpha value is -1.19. The second kappa shape index (κ2) is 11.3. The molecule has 198 valence electrons. The molecule has 0 amide bonds. The van der Waals surface area contributed by atoms with E-state index in [0.717, 1.165) is 5.92 Å². The molecule has 1 saturated heterocycles. The summed E-state index contributed by atoms with van der Waals surface area (Å²) < 4.78 is 0. The van der Waals surface area contributed by atoms with Gasteiger partial charge in [0.25, 0.3) is 0 Å². The summed E-state index contributed by atoms with van der Waals surface area (Å²) in [5, 5.41) is 3.69. The SMILES string of the molecule is CC1(C)CCC(C)(C)c2cc(-c3csc(C4CCN(CCCC5CCCCCCC5)CC4)n3)ccc21. The molecule has 1 aliphatic heterocycles. The highest BCUT2D eigenvalue weighted by atomic mass is 32.1. The number of piperidine rings is 1. The van der Waals surface area contributed by atoms with Crippen LogP contribution in [0.1, 0.15) is 133 Å². The summed E-state index contributed by atoms with van der Waals surface area (Å²) in [4.78, 5) is 7.94. The predicted molar refractivity (Wildman–Crippen MR) is 156 cm³/mol. The first-order valence-corrected chi connectivity index (χ1v) is 16.0. The Morgan fingerprint density at radius 3 is 2.25 bits per heavy atom. The Labute approximate surface area is 225 Å². The molecule has 2 nitrogen and oxygen atoms in total. The largest absolute Gasteiger partial charge is 0.303 e. The number of likely N-dealkylation sites (tertiary alicyclic amines) is 1. The molecule has 0 N–H and O–H groups in total. The van der Waals surface area contributed by atoms with Gasteiger partial charge < -0.3 is 4.90 Å². The summed E-state index contributed by atoms with van der Waals surface area (Å²) in [6.07, 6.45) is 18.3. The van der Waals surface area contributed by atoms with Crippen LogP contribution < -0.4 is 0 Å². The first kappa shape index (κ1) is 26.4. The van der Waals surface area contributed by atoms with Crippen molar-refractivity contribution in [1.82, 2.24) is 9.88 Å². The van der Waals surface area contributed by atoms with Crippen molar-refractivity contribution in [2.75, 3.05) is 19.6 Å². The highest BCUT2D eigenvalue weighted by Gasteiger charge is 2.37. The maximum Gasteiger partial charge on any atom is 0.0964 e. The lowest BCUT2D eigenvalue weighted by molar-refractivity contribution is 0.202. The molecular weight excluding hydrogens is 456 g/mol. The van der Waals surface area contributed by atoms with Crippen molar-refractivity contribution in [3.8, 4) is 11.3 Å². The molecule has 0 radical (unpaired) electrons. The standard InChI is InChI=1S/C33H50N2S/c1-32(2)18-19-33(3,4)29-23-27(14-15-28(29)32)30-24-36-31(34-30)26-16-21-35(22-17-26)20-10-13-25-11-8-6-5-7-9-12-25/h14-15,23-26H,5-13,16-22H2,1-4H3. The fourth-order valence-electron chi connectivity index (χ4n) is 7.19. The Morgan fingerprint density at radius 2 is 1.53 bits per heavy atom. The van der Waals surface area contributed by atoms with Crippen LogP contribution in [0.25, 0.3) is 11.3 Å². The highest BCUT2D eigenvalue weighted by Crippen LogP contribution is 2.47. The number of thiazole rings is 1. The van der Waals surface area contributed by atoms with Gasteiger partial charge in [0.15, 0.2) is 0 Å². The van der Waals surface area contributed by atoms with Gasteiger partial charge in [-0.05, 0) is 92.1 Å². The third-order valence-electron chi connectivity index (χ3n) is 9.92. The zero-order valence-corrected chi connectivity index (χ0v) is 24.4. The van der Waals surface area contributed by atoms with E-state index in [1.54, 1.807) is 11.1 Å². The van der Waals surface area contributed by atoms with Gasteiger partial charge >= 0.3 is 0 Å². The number of hydrogen-bond donors (Lipinski definition) is 0. The second-order valence-electron chi connectivity index (χ2n) is 13.6. The van der Waals surface area contributed by atoms with E-state index in [4.69, 9.17) is 4.98 Å². The minimum atomic E-state index is 0.252. The van der Waals surface area contributed by atoms with Gasteiger partial charge in [0.2, 0.25) is 0 Å². The van der Waals surface area contributed by atoms with Gasteiger partial charge in [-0.3, -0.25) is 0 Å². The first-order valence-electron chi connectivity index (χ1n) is 15.1.